The van der Waals surface area contributed by atoms with Crippen LogP contribution in [-0.4, -0.2) is 56.0 Å². The lowest BCUT2D eigenvalue weighted by Crippen LogP contribution is -2.65. The van der Waals surface area contributed by atoms with E-state index in [-0.39, 0.29) is 30.3 Å². The van der Waals surface area contributed by atoms with Crippen LogP contribution in [0.15, 0.2) is 40.0 Å². The van der Waals surface area contributed by atoms with Crippen molar-refractivity contribution in [3.05, 3.63) is 35.5 Å². The number of carbonyl (C=O) groups excluding carboxylic acids is 1. The Morgan fingerprint density at radius 3 is 2.62 bits per heavy atom. The lowest BCUT2D eigenvalue weighted by Gasteiger charge is -2.47. The summed E-state index contributed by atoms with van der Waals surface area (Å²) in [6.07, 6.45) is -3.87. The molecule has 9 nitrogen and oxygen atoms in total. The maximum absolute atomic E-state index is 13.0. The number of rotatable bonds is 2. The third-order valence-corrected chi connectivity index (χ3v) is 8.53. The second-order valence-corrected chi connectivity index (χ2v) is 11.1. The van der Waals surface area contributed by atoms with Crippen molar-refractivity contribution in [2.24, 2.45) is 9.98 Å². The first-order chi connectivity index (χ1) is 15.6. The Morgan fingerprint density at radius 2 is 2.03 bits per heavy atom. The van der Waals surface area contributed by atoms with Gasteiger partial charge >= 0.3 is 6.18 Å². The van der Waals surface area contributed by atoms with Crippen molar-refractivity contribution in [2.75, 3.05) is 17.7 Å². The molecule has 0 aromatic heterocycles. The quantitative estimate of drug-likeness (QED) is 0.425. The van der Waals surface area contributed by atoms with Crippen LogP contribution in [-0.2, 0) is 20.2 Å². The molecule has 1 aromatic carbocycles. The molecule has 1 saturated heterocycles. The van der Waals surface area contributed by atoms with Crippen LogP contribution < -0.4 is 15.4 Å². The fourth-order valence-electron chi connectivity index (χ4n) is 3.53. The Kier molecular flexibility index (Phi) is 6.37. The molecule has 34 heavy (non-hydrogen) atoms. The molecule has 2 aliphatic heterocycles. The van der Waals surface area contributed by atoms with Gasteiger partial charge in [-0.15, -0.1) is 0 Å². The number of sulfone groups is 1. The summed E-state index contributed by atoms with van der Waals surface area (Å²) >= 11 is 0. The van der Waals surface area contributed by atoms with Crippen LogP contribution in [0.5, 0.6) is 5.75 Å². The Labute approximate surface area is 194 Å². The minimum absolute atomic E-state index is 0.155. The molecular formula is C21H24F3N5O4S. The molecule has 1 amide bonds. The van der Waals surface area contributed by atoms with Crippen molar-refractivity contribution >= 4 is 39.8 Å². The number of alkyl halides is 3. The number of carbonyl (C=O) groups is 1. The zero-order valence-electron chi connectivity index (χ0n) is 18.7. The topological polar surface area (TPSA) is 133 Å². The van der Waals surface area contributed by atoms with E-state index in [1.807, 2.05) is 0 Å². The number of ether oxygens (including phenoxy) is 1. The summed E-state index contributed by atoms with van der Waals surface area (Å²) in [5, 5.41) is 13.8. The SMILES string of the molecule is C=N/C(=N\C=C(/C)C(F)(F)F)C(=O)Nc1ccc2c(c1)[C@]1(CCO2)CS(=O)(=O)C(C)(C)C(=N)N1. The number of fused-ring (bicyclic) bond motifs is 2. The minimum Gasteiger partial charge on any atom is -0.493 e. The predicted octanol–water partition coefficient (Wildman–Crippen LogP) is 2.94. The van der Waals surface area contributed by atoms with Crippen LogP contribution in [0, 0.1) is 5.41 Å². The van der Waals surface area contributed by atoms with Crippen LogP contribution in [0.25, 0.3) is 0 Å². The Balaban J connectivity index is 1.94. The van der Waals surface area contributed by atoms with Crippen LogP contribution in [0.2, 0.25) is 0 Å². The molecule has 1 aromatic rings. The fraction of sp³-hybridized carbons (Fsp3) is 0.429. The summed E-state index contributed by atoms with van der Waals surface area (Å²) in [6.45, 7) is 7.10. The lowest BCUT2D eigenvalue weighted by atomic mass is 9.84. The predicted molar refractivity (Wildman–Crippen MR) is 122 cm³/mol. The monoisotopic (exact) mass is 499 g/mol. The van der Waals surface area contributed by atoms with E-state index in [1.165, 1.54) is 32.0 Å². The third kappa shape index (κ3) is 4.56. The second kappa shape index (κ2) is 8.53. The summed E-state index contributed by atoms with van der Waals surface area (Å²) in [4.78, 5) is 19.4. The van der Waals surface area contributed by atoms with E-state index in [0.717, 1.165) is 6.92 Å². The molecular weight excluding hydrogens is 475 g/mol. The van der Waals surface area contributed by atoms with Crippen LogP contribution >= 0.6 is 0 Å². The molecule has 13 heteroatoms. The Hall–Kier alpha value is -3.22. The number of halogens is 3. The zero-order chi connectivity index (χ0) is 25.5. The van der Waals surface area contributed by atoms with E-state index >= 15 is 0 Å². The van der Waals surface area contributed by atoms with Gasteiger partial charge in [0, 0.05) is 29.4 Å². The van der Waals surface area contributed by atoms with E-state index in [1.54, 1.807) is 0 Å². The number of allylic oxidation sites excluding steroid dienone is 1. The number of nitrogens with zero attached hydrogens (tertiary/aromatic N) is 2. The van der Waals surface area contributed by atoms with Gasteiger partial charge in [0.2, 0.25) is 5.84 Å². The summed E-state index contributed by atoms with van der Waals surface area (Å²) in [7, 11) is -3.71. The van der Waals surface area contributed by atoms with E-state index in [4.69, 9.17) is 10.1 Å². The standard InChI is InChI=1S/C21H24F3N5O4S/c1-12(21(22,23)24)10-27-16(26-4)17(30)28-13-5-6-15-14(9-13)20(7-8-33-15)11-34(31,32)19(2,3)18(25)29-20/h5-6,9-10H,4,7-8,11H2,1-3H3,(H2,25,29)(H,28,30)/b12-10+,27-16-/t20-/m0/s1. The summed E-state index contributed by atoms with van der Waals surface area (Å²) in [6, 6.07) is 4.52. The molecule has 0 aliphatic carbocycles. The average molecular weight is 500 g/mol. The highest BCUT2D eigenvalue weighted by atomic mass is 32.2. The molecule has 1 fully saturated rings. The summed E-state index contributed by atoms with van der Waals surface area (Å²) in [5.74, 6) is -1.55. The molecule has 2 aliphatic rings. The molecule has 184 valence electrons. The zero-order valence-corrected chi connectivity index (χ0v) is 19.5. The van der Waals surface area contributed by atoms with E-state index in [0.29, 0.717) is 17.5 Å². The first-order valence-electron chi connectivity index (χ1n) is 10.1. The molecule has 3 rings (SSSR count). The van der Waals surface area contributed by atoms with Gasteiger partial charge in [-0.05, 0) is 45.7 Å². The van der Waals surface area contributed by atoms with Gasteiger partial charge in [0.15, 0.2) is 9.84 Å². The molecule has 0 saturated carbocycles. The number of nitrogens with one attached hydrogen (secondary N) is 3. The fourth-order valence-corrected chi connectivity index (χ4v) is 5.28. The third-order valence-electron chi connectivity index (χ3n) is 5.90. The molecule has 1 atom stereocenters. The first-order valence-corrected chi connectivity index (χ1v) is 11.7. The van der Waals surface area contributed by atoms with Crippen LogP contribution in [0.3, 0.4) is 0 Å². The van der Waals surface area contributed by atoms with Crippen molar-refractivity contribution in [3.8, 4) is 5.75 Å². The molecule has 3 N–H and O–H groups in total. The smallest absolute Gasteiger partial charge is 0.413 e. The van der Waals surface area contributed by atoms with E-state index in [2.05, 4.69) is 27.3 Å². The van der Waals surface area contributed by atoms with Gasteiger partial charge in [0.1, 0.15) is 16.3 Å². The number of aliphatic imine (C=N–C) groups is 2. The maximum Gasteiger partial charge on any atom is 0.413 e. The van der Waals surface area contributed by atoms with Gasteiger partial charge in [-0.25, -0.2) is 18.4 Å². The summed E-state index contributed by atoms with van der Waals surface area (Å²) in [5.41, 5.74) is -1.53. The lowest BCUT2D eigenvalue weighted by molar-refractivity contribution is -0.110. The van der Waals surface area contributed by atoms with Gasteiger partial charge in [0.05, 0.1) is 17.9 Å². The molecule has 2 heterocycles. The van der Waals surface area contributed by atoms with Crippen LogP contribution in [0.1, 0.15) is 32.8 Å². The first kappa shape index (κ1) is 25.4. The van der Waals surface area contributed by atoms with Crippen molar-refractivity contribution < 1.29 is 31.1 Å². The molecule has 0 radical (unpaired) electrons. The number of anilines is 1. The van der Waals surface area contributed by atoms with Gasteiger partial charge in [-0.1, -0.05) is 0 Å². The van der Waals surface area contributed by atoms with Crippen LogP contribution in [0.4, 0.5) is 18.9 Å². The van der Waals surface area contributed by atoms with Crippen molar-refractivity contribution in [3.63, 3.8) is 0 Å². The van der Waals surface area contributed by atoms with Gasteiger partial charge in [-0.3, -0.25) is 10.2 Å². The number of amides is 1. The highest BCUT2D eigenvalue weighted by Crippen LogP contribution is 2.43. The Bertz CT molecular complexity index is 1220. The van der Waals surface area contributed by atoms with Crippen molar-refractivity contribution in [1.82, 2.24) is 5.32 Å². The molecule has 1 spiro atoms. The van der Waals surface area contributed by atoms with Gasteiger partial charge < -0.3 is 15.4 Å². The Morgan fingerprint density at radius 1 is 1.35 bits per heavy atom. The molecule has 0 unspecified atom stereocenters. The number of amidine groups is 2. The largest absolute Gasteiger partial charge is 0.493 e. The number of benzene rings is 1. The minimum atomic E-state index is -4.60. The van der Waals surface area contributed by atoms with E-state index in [9.17, 15) is 26.4 Å². The average Bonchev–Trinajstić information content (AvgIpc) is 2.72. The highest BCUT2D eigenvalue weighted by molar-refractivity contribution is 7.93. The van der Waals surface area contributed by atoms with Gasteiger partial charge in [0.25, 0.3) is 5.91 Å². The highest BCUT2D eigenvalue weighted by Gasteiger charge is 2.54. The summed E-state index contributed by atoms with van der Waals surface area (Å²) < 4.78 is 68.2. The number of hydrogen-bond donors (Lipinski definition) is 3. The normalized spacial score (nSPS) is 24.0. The number of hydrogen-bond acceptors (Lipinski definition) is 6. The molecule has 0 bridgehead atoms. The van der Waals surface area contributed by atoms with Crippen molar-refractivity contribution in [2.45, 2.75) is 43.7 Å². The maximum atomic E-state index is 13.0. The second-order valence-electron chi connectivity index (χ2n) is 8.54. The van der Waals surface area contributed by atoms with Gasteiger partial charge in [-0.2, -0.15) is 13.2 Å². The van der Waals surface area contributed by atoms with E-state index < -0.39 is 43.6 Å². The van der Waals surface area contributed by atoms with Crippen molar-refractivity contribution in [1.29, 1.82) is 5.41 Å².